The molecule has 0 bridgehead atoms. The number of anilines is 1. The largest absolute Gasteiger partial charge is 0.394 e. The van der Waals surface area contributed by atoms with Gasteiger partial charge in [0, 0.05) is 16.7 Å². The van der Waals surface area contributed by atoms with E-state index in [0.29, 0.717) is 13.1 Å². The maximum Gasteiger partial charge on any atom is 0.239 e. The predicted octanol–water partition coefficient (Wildman–Crippen LogP) is 0.746. The first-order chi connectivity index (χ1) is 7.69. The summed E-state index contributed by atoms with van der Waals surface area (Å²) in [5, 5.41) is 11.8. The number of aliphatic hydroxyl groups excluding tert-OH is 1. The molecule has 86 valence electrons. The van der Waals surface area contributed by atoms with Crippen LogP contribution in [0.1, 0.15) is 0 Å². The number of carbonyl (C=O) groups is 1. The number of amides is 1. The van der Waals surface area contributed by atoms with Gasteiger partial charge >= 0.3 is 0 Å². The Balaban J connectivity index is 2.17. The Kier molecular flexibility index (Phi) is 3.46. The average Bonchev–Trinajstić information content (AvgIpc) is 2.28. The van der Waals surface area contributed by atoms with Crippen molar-refractivity contribution >= 4 is 27.5 Å². The van der Waals surface area contributed by atoms with Gasteiger partial charge < -0.3 is 15.3 Å². The van der Waals surface area contributed by atoms with Crippen molar-refractivity contribution in [2.75, 3.05) is 24.6 Å². The molecule has 1 amide bonds. The van der Waals surface area contributed by atoms with Gasteiger partial charge in [0.05, 0.1) is 19.2 Å². The van der Waals surface area contributed by atoms with Crippen molar-refractivity contribution in [2.45, 2.75) is 6.04 Å². The van der Waals surface area contributed by atoms with Crippen LogP contribution in [0, 0.1) is 0 Å². The third-order valence-electron chi connectivity index (χ3n) is 2.53. The molecular formula is C11H13BrN2O2. The normalized spacial score (nSPS) is 20.8. The summed E-state index contributed by atoms with van der Waals surface area (Å²) in [6, 6.07) is 7.61. The zero-order valence-corrected chi connectivity index (χ0v) is 10.3. The predicted molar refractivity (Wildman–Crippen MR) is 65.4 cm³/mol. The fourth-order valence-electron chi connectivity index (χ4n) is 1.80. The van der Waals surface area contributed by atoms with Crippen molar-refractivity contribution in [3.05, 3.63) is 28.7 Å². The second kappa shape index (κ2) is 4.84. The van der Waals surface area contributed by atoms with E-state index in [1.807, 2.05) is 29.2 Å². The Bertz CT molecular complexity index is 397. The highest BCUT2D eigenvalue weighted by molar-refractivity contribution is 9.10. The highest BCUT2D eigenvalue weighted by Gasteiger charge is 2.23. The van der Waals surface area contributed by atoms with Crippen LogP contribution in [-0.4, -0.2) is 36.8 Å². The minimum Gasteiger partial charge on any atom is -0.394 e. The van der Waals surface area contributed by atoms with Gasteiger partial charge in [0.25, 0.3) is 0 Å². The number of carbonyl (C=O) groups excluding carboxylic acids is 1. The molecule has 2 N–H and O–H groups in total. The van der Waals surface area contributed by atoms with Crippen LogP contribution in [0.4, 0.5) is 5.69 Å². The maximum absolute atomic E-state index is 11.4. The van der Waals surface area contributed by atoms with Gasteiger partial charge in [-0.15, -0.1) is 0 Å². The Hall–Kier alpha value is -1.07. The number of aliphatic hydroxyl groups is 1. The third kappa shape index (κ3) is 2.54. The van der Waals surface area contributed by atoms with E-state index in [2.05, 4.69) is 21.2 Å². The summed E-state index contributed by atoms with van der Waals surface area (Å²) in [5.74, 6) is -0.0507. The summed E-state index contributed by atoms with van der Waals surface area (Å²) in [6.07, 6.45) is 0. The second-order valence-electron chi connectivity index (χ2n) is 3.81. The number of hydrogen-bond acceptors (Lipinski definition) is 3. The molecule has 4 nitrogen and oxygen atoms in total. The lowest BCUT2D eigenvalue weighted by Gasteiger charge is -2.33. The van der Waals surface area contributed by atoms with Crippen LogP contribution in [0.5, 0.6) is 0 Å². The first kappa shape index (κ1) is 11.4. The molecule has 1 aliphatic rings. The smallest absolute Gasteiger partial charge is 0.239 e. The molecule has 1 unspecified atom stereocenters. The van der Waals surface area contributed by atoms with Gasteiger partial charge in [0.2, 0.25) is 5.91 Å². The highest BCUT2D eigenvalue weighted by Crippen LogP contribution is 2.21. The summed E-state index contributed by atoms with van der Waals surface area (Å²) < 4.78 is 0.983. The molecule has 2 rings (SSSR count). The van der Waals surface area contributed by atoms with Crippen LogP contribution in [0.25, 0.3) is 0 Å². The zero-order chi connectivity index (χ0) is 11.5. The molecular weight excluding hydrogens is 272 g/mol. The van der Waals surface area contributed by atoms with E-state index in [1.165, 1.54) is 0 Å². The van der Waals surface area contributed by atoms with Crippen molar-refractivity contribution in [1.82, 2.24) is 5.32 Å². The summed E-state index contributed by atoms with van der Waals surface area (Å²) in [5.41, 5.74) is 0.989. The van der Waals surface area contributed by atoms with Gasteiger partial charge in [-0.05, 0) is 18.2 Å². The summed E-state index contributed by atoms with van der Waals surface area (Å²) >= 11 is 3.40. The minimum atomic E-state index is -0.180. The monoisotopic (exact) mass is 284 g/mol. The molecule has 1 aliphatic heterocycles. The molecule has 1 atom stereocenters. The molecule has 0 aliphatic carbocycles. The van der Waals surface area contributed by atoms with Crippen LogP contribution in [0.2, 0.25) is 0 Å². The van der Waals surface area contributed by atoms with Gasteiger partial charge in [-0.1, -0.05) is 22.0 Å². The van der Waals surface area contributed by atoms with Crippen LogP contribution in [0.15, 0.2) is 28.7 Å². The minimum absolute atomic E-state index is 0.0315. The van der Waals surface area contributed by atoms with Gasteiger partial charge in [-0.3, -0.25) is 4.79 Å². The first-order valence-corrected chi connectivity index (χ1v) is 5.89. The highest BCUT2D eigenvalue weighted by atomic mass is 79.9. The second-order valence-corrected chi connectivity index (χ2v) is 4.72. The molecule has 1 aromatic rings. The van der Waals surface area contributed by atoms with E-state index < -0.39 is 0 Å². The molecule has 1 aromatic carbocycles. The maximum atomic E-state index is 11.4. The standard InChI is InChI=1S/C11H13BrN2O2/c12-8-2-1-3-10(4-8)14-5-9(7-15)13-11(16)6-14/h1-4,9,15H,5-7H2,(H,13,16). The molecule has 0 radical (unpaired) electrons. The summed E-state index contributed by atoms with van der Waals surface area (Å²) in [7, 11) is 0. The van der Waals surface area contributed by atoms with E-state index >= 15 is 0 Å². The zero-order valence-electron chi connectivity index (χ0n) is 8.69. The Labute approximate surface area is 102 Å². The number of piperazine rings is 1. The molecule has 0 saturated carbocycles. The average molecular weight is 285 g/mol. The molecule has 1 fully saturated rings. The van der Waals surface area contributed by atoms with E-state index in [-0.39, 0.29) is 18.6 Å². The Morgan fingerprint density at radius 1 is 1.56 bits per heavy atom. The van der Waals surface area contributed by atoms with Crippen molar-refractivity contribution in [2.24, 2.45) is 0 Å². The van der Waals surface area contributed by atoms with E-state index in [9.17, 15) is 4.79 Å². The van der Waals surface area contributed by atoms with Gasteiger partial charge in [0.15, 0.2) is 0 Å². The SMILES string of the molecule is O=C1CN(c2cccc(Br)c2)CC(CO)N1. The van der Waals surface area contributed by atoms with E-state index in [4.69, 9.17) is 5.11 Å². The molecule has 1 saturated heterocycles. The molecule has 0 spiro atoms. The van der Waals surface area contributed by atoms with Crippen molar-refractivity contribution in [3.8, 4) is 0 Å². The Morgan fingerprint density at radius 2 is 2.38 bits per heavy atom. The summed E-state index contributed by atoms with van der Waals surface area (Å²) in [6.45, 7) is 0.946. The fourth-order valence-corrected chi connectivity index (χ4v) is 2.18. The van der Waals surface area contributed by atoms with Crippen molar-refractivity contribution in [1.29, 1.82) is 0 Å². The first-order valence-electron chi connectivity index (χ1n) is 5.10. The molecule has 5 heteroatoms. The number of nitrogens with one attached hydrogen (secondary N) is 1. The lowest BCUT2D eigenvalue weighted by molar-refractivity contribution is -0.121. The summed E-state index contributed by atoms with van der Waals surface area (Å²) in [4.78, 5) is 13.4. The van der Waals surface area contributed by atoms with Crippen molar-refractivity contribution in [3.63, 3.8) is 0 Å². The molecule has 16 heavy (non-hydrogen) atoms. The molecule has 1 heterocycles. The van der Waals surface area contributed by atoms with Crippen LogP contribution in [0.3, 0.4) is 0 Å². The number of nitrogens with zero attached hydrogens (tertiary/aromatic N) is 1. The van der Waals surface area contributed by atoms with Gasteiger partial charge in [0.1, 0.15) is 0 Å². The topological polar surface area (TPSA) is 52.6 Å². The number of rotatable bonds is 2. The number of halogens is 1. The van der Waals surface area contributed by atoms with Crippen LogP contribution in [-0.2, 0) is 4.79 Å². The lowest BCUT2D eigenvalue weighted by atomic mass is 10.2. The van der Waals surface area contributed by atoms with Gasteiger partial charge in [-0.2, -0.15) is 0 Å². The number of benzene rings is 1. The van der Waals surface area contributed by atoms with E-state index in [1.54, 1.807) is 0 Å². The van der Waals surface area contributed by atoms with Crippen LogP contribution >= 0.6 is 15.9 Å². The Morgan fingerprint density at radius 3 is 3.06 bits per heavy atom. The van der Waals surface area contributed by atoms with Gasteiger partial charge in [-0.25, -0.2) is 0 Å². The third-order valence-corrected chi connectivity index (χ3v) is 3.03. The van der Waals surface area contributed by atoms with Crippen molar-refractivity contribution < 1.29 is 9.90 Å². The van der Waals surface area contributed by atoms with Crippen LogP contribution < -0.4 is 10.2 Å². The quantitative estimate of drug-likeness (QED) is 0.843. The fraction of sp³-hybridized carbons (Fsp3) is 0.364. The lowest BCUT2D eigenvalue weighted by Crippen LogP contribution is -2.55. The number of hydrogen-bond donors (Lipinski definition) is 2. The van der Waals surface area contributed by atoms with E-state index in [0.717, 1.165) is 10.2 Å². The molecule has 0 aromatic heterocycles.